The first-order valence-electron chi connectivity index (χ1n) is 8.30. The van der Waals surface area contributed by atoms with Gasteiger partial charge < -0.3 is 10.1 Å². The number of aromatic nitrogens is 1. The largest absolute Gasteiger partial charge is 0.379 e. The monoisotopic (exact) mass is 362 g/mol. The number of amides is 1. The molecule has 0 spiro atoms. The summed E-state index contributed by atoms with van der Waals surface area (Å²) in [6.07, 6.45) is 3.70. The van der Waals surface area contributed by atoms with Gasteiger partial charge in [-0.3, -0.25) is 9.78 Å². The van der Waals surface area contributed by atoms with Gasteiger partial charge in [0.2, 0.25) is 5.91 Å². The summed E-state index contributed by atoms with van der Waals surface area (Å²) in [6.45, 7) is 1.03. The number of rotatable bonds is 6. The first kappa shape index (κ1) is 17.8. The minimum atomic E-state index is -3.14. The molecule has 1 fully saturated rings. The highest BCUT2D eigenvalue weighted by molar-refractivity contribution is 7.90. The molecule has 1 aromatic heterocycles. The summed E-state index contributed by atoms with van der Waals surface area (Å²) < 4.78 is 27.9. The third-order valence-corrected chi connectivity index (χ3v) is 5.41. The average molecular weight is 362 g/mol. The summed E-state index contributed by atoms with van der Waals surface area (Å²) >= 11 is 0. The van der Waals surface area contributed by atoms with E-state index >= 15 is 0 Å². The highest BCUT2D eigenvalue weighted by atomic mass is 32.2. The van der Waals surface area contributed by atoms with Gasteiger partial charge in [0.15, 0.2) is 0 Å². The van der Waals surface area contributed by atoms with Crippen LogP contribution in [0.3, 0.4) is 0 Å². The topological polar surface area (TPSA) is 85.4 Å². The van der Waals surface area contributed by atoms with E-state index in [2.05, 4.69) is 10.3 Å². The van der Waals surface area contributed by atoms with Crippen molar-refractivity contribution in [1.82, 2.24) is 10.3 Å². The molecule has 1 aliphatic rings. The van der Waals surface area contributed by atoms with Gasteiger partial charge in [0.25, 0.3) is 0 Å². The Labute approximate surface area is 147 Å². The number of hydrogen-bond acceptors (Lipinski definition) is 5. The number of para-hydroxylation sites is 1. The van der Waals surface area contributed by atoms with Gasteiger partial charge in [-0.05, 0) is 24.1 Å². The summed E-state index contributed by atoms with van der Waals surface area (Å²) in [5.41, 5.74) is 2.13. The molecule has 0 radical (unpaired) electrons. The third-order valence-electron chi connectivity index (χ3n) is 4.47. The predicted molar refractivity (Wildman–Crippen MR) is 96.0 cm³/mol. The molecule has 25 heavy (non-hydrogen) atoms. The van der Waals surface area contributed by atoms with Gasteiger partial charge in [0.1, 0.15) is 9.84 Å². The quantitative estimate of drug-likeness (QED) is 0.838. The second kappa shape index (κ2) is 7.49. The fourth-order valence-corrected chi connectivity index (χ4v) is 3.69. The molecule has 0 bridgehead atoms. The summed E-state index contributed by atoms with van der Waals surface area (Å²) in [6, 6.07) is 9.88. The molecule has 1 aromatic carbocycles. The van der Waals surface area contributed by atoms with E-state index in [1.165, 1.54) is 5.56 Å². The van der Waals surface area contributed by atoms with Crippen molar-refractivity contribution in [3.05, 3.63) is 42.1 Å². The molecule has 0 aliphatic carbocycles. The number of ether oxygens (including phenoxy) is 1. The molecular weight excluding hydrogens is 340 g/mol. The molecule has 1 saturated heterocycles. The van der Waals surface area contributed by atoms with Crippen LogP contribution in [0.1, 0.15) is 12.0 Å². The first-order valence-corrected chi connectivity index (χ1v) is 10.4. The van der Waals surface area contributed by atoms with Gasteiger partial charge in [-0.25, -0.2) is 8.42 Å². The van der Waals surface area contributed by atoms with Crippen LogP contribution in [-0.4, -0.2) is 50.6 Å². The number of carbonyl (C=O) groups is 1. The maximum Gasteiger partial charge on any atom is 0.221 e. The number of nitrogens with zero attached hydrogens (tertiary/aromatic N) is 1. The van der Waals surface area contributed by atoms with Crippen molar-refractivity contribution in [2.45, 2.75) is 18.9 Å². The van der Waals surface area contributed by atoms with E-state index < -0.39 is 9.84 Å². The van der Waals surface area contributed by atoms with Crippen LogP contribution < -0.4 is 5.32 Å². The predicted octanol–water partition coefficient (Wildman–Crippen LogP) is 1.34. The molecule has 0 saturated carbocycles. The molecule has 1 N–H and O–H groups in total. The molecule has 2 aromatic rings. The minimum absolute atomic E-state index is 0.0136. The molecule has 2 atom stereocenters. The van der Waals surface area contributed by atoms with Crippen LogP contribution in [0.2, 0.25) is 0 Å². The molecule has 2 heterocycles. The Morgan fingerprint density at radius 1 is 1.28 bits per heavy atom. The lowest BCUT2D eigenvalue weighted by Gasteiger charge is -2.19. The van der Waals surface area contributed by atoms with Crippen molar-refractivity contribution in [3.63, 3.8) is 0 Å². The molecule has 7 heteroatoms. The van der Waals surface area contributed by atoms with Crippen molar-refractivity contribution < 1.29 is 17.9 Å². The zero-order valence-electron chi connectivity index (χ0n) is 14.1. The maximum absolute atomic E-state index is 12.0. The van der Waals surface area contributed by atoms with E-state index in [0.717, 1.165) is 23.6 Å². The van der Waals surface area contributed by atoms with Gasteiger partial charge >= 0.3 is 0 Å². The number of pyridine rings is 1. The van der Waals surface area contributed by atoms with E-state index in [-0.39, 0.29) is 30.0 Å². The van der Waals surface area contributed by atoms with Crippen LogP contribution in [0.5, 0.6) is 0 Å². The van der Waals surface area contributed by atoms with Crippen LogP contribution in [0.4, 0.5) is 0 Å². The van der Waals surface area contributed by atoms with Crippen molar-refractivity contribution in [1.29, 1.82) is 0 Å². The summed E-state index contributed by atoms with van der Waals surface area (Å²) in [4.78, 5) is 16.4. The van der Waals surface area contributed by atoms with Gasteiger partial charge in [-0.2, -0.15) is 0 Å². The van der Waals surface area contributed by atoms with Crippen molar-refractivity contribution in [2.24, 2.45) is 5.92 Å². The fourth-order valence-electron chi connectivity index (χ4n) is 3.13. The molecule has 134 valence electrons. The molecule has 1 aliphatic heterocycles. The zero-order chi connectivity index (χ0) is 17.9. The Morgan fingerprint density at radius 3 is 2.88 bits per heavy atom. The maximum atomic E-state index is 12.0. The Hall–Kier alpha value is -1.99. The summed E-state index contributed by atoms with van der Waals surface area (Å²) in [7, 11) is -3.14. The first-order chi connectivity index (χ1) is 11.9. The highest BCUT2D eigenvalue weighted by Gasteiger charge is 2.30. The van der Waals surface area contributed by atoms with E-state index in [0.29, 0.717) is 13.2 Å². The normalized spacial score (nSPS) is 20.7. The fraction of sp³-hybridized carbons (Fsp3) is 0.444. The van der Waals surface area contributed by atoms with Gasteiger partial charge in [0, 0.05) is 30.2 Å². The lowest BCUT2D eigenvalue weighted by atomic mass is 9.93. The Kier molecular flexibility index (Phi) is 5.34. The second-order valence-corrected chi connectivity index (χ2v) is 8.80. The van der Waals surface area contributed by atoms with Crippen LogP contribution in [0, 0.1) is 5.92 Å². The Bertz CT molecular complexity index is 861. The lowest BCUT2D eigenvalue weighted by Crippen LogP contribution is -2.41. The second-order valence-electron chi connectivity index (χ2n) is 6.54. The zero-order valence-corrected chi connectivity index (χ0v) is 15.0. The van der Waals surface area contributed by atoms with Gasteiger partial charge in [-0.15, -0.1) is 0 Å². The van der Waals surface area contributed by atoms with Gasteiger partial charge in [0.05, 0.1) is 30.5 Å². The summed E-state index contributed by atoms with van der Waals surface area (Å²) in [5.74, 6) is -0.218. The van der Waals surface area contributed by atoms with E-state index in [9.17, 15) is 13.2 Å². The van der Waals surface area contributed by atoms with Crippen LogP contribution in [0.15, 0.2) is 36.5 Å². The average Bonchev–Trinajstić information content (AvgIpc) is 3.00. The third kappa shape index (κ3) is 4.76. The molecule has 1 amide bonds. The Balaban J connectivity index is 1.66. The smallest absolute Gasteiger partial charge is 0.221 e. The molecule has 6 nitrogen and oxygen atoms in total. The lowest BCUT2D eigenvalue weighted by molar-refractivity contribution is -0.121. The van der Waals surface area contributed by atoms with Crippen LogP contribution >= 0.6 is 0 Å². The number of carbonyl (C=O) groups excluding carboxylic acids is 1. The van der Waals surface area contributed by atoms with Crippen LogP contribution in [-0.2, 0) is 25.8 Å². The number of fused-ring (bicyclic) bond motifs is 1. The van der Waals surface area contributed by atoms with Crippen molar-refractivity contribution in [3.8, 4) is 0 Å². The summed E-state index contributed by atoms with van der Waals surface area (Å²) in [5, 5.41) is 4.04. The van der Waals surface area contributed by atoms with E-state index in [1.54, 1.807) is 6.20 Å². The van der Waals surface area contributed by atoms with Crippen LogP contribution in [0.25, 0.3) is 10.9 Å². The number of hydrogen-bond donors (Lipinski definition) is 1. The standard InChI is InChI=1S/C18H22N2O4S/c1-25(22,23)9-7-18(21)20-17-12-24-11-14(17)10-13-6-8-19-16-5-3-2-4-15(13)16/h2-6,8,14,17H,7,9-12H2,1H3,(H,20,21)/t14-,17-/m1/s1. The van der Waals surface area contributed by atoms with E-state index in [1.807, 2.05) is 30.3 Å². The number of sulfone groups is 1. The van der Waals surface area contributed by atoms with E-state index in [4.69, 9.17) is 4.74 Å². The minimum Gasteiger partial charge on any atom is -0.379 e. The molecular formula is C18H22N2O4S. The van der Waals surface area contributed by atoms with Crippen molar-refractivity contribution in [2.75, 3.05) is 25.2 Å². The number of benzene rings is 1. The van der Waals surface area contributed by atoms with Crippen molar-refractivity contribution >= 4 is 26.6 Å². The molecule has 3 rings (SSSR count). The SMILES string of the molecule is CS(=O)(=O)CCC(=O)N[C@@H]1COC[C@H]1Cc1ccnc2ccccc12. The number of nitrogens with one attached hydrogen (secondary N) is 1. The van der Waals surface area contributed by atoms with Gasteiger partial charge in [-0.1, -0.05) is 18.2 Å². The molecule has 0 unspecified atom stereocenters. The Morgan fingerprint density at radius 2 is 2.08 bits per heavy atom. The highest BCUT2D eigenvalue weighted by Crippen LogP contribution is 2.24.